The molecule has 2 rings (SSSR count). The SMILES string of the molecule is C=Cc1ccc(S(=O)(=O)c2cncc(OC(F)(F)F)c2)cc1NC. The fraction of sp³-hybridized carbons (Fsp3) is 0.133. The number of nitrogens with one attached hydrogen (secondary N) is 1. The first-order valence-electron chi connectivity index (χ1n) is 6.57. The smallest absolute Gasteiger partial charge is 0.404 e. The zero-order valence-electron chi connectivity index (χ0n) is 12.5. The fourth-order valence-corrected chi connectivity index (χ4v) is 3.23. The second-order valence-corrected chi connectivity index (χ2v) is 6.56. The lowest BCUT2D eigenvalue weighted by atomic mass is 10.2. The Balaban J connectivity index is 2.48. The van der Waals surface area contributed by atoms with Crippen LogP contribution >= 0.6 is 0 Å². The quantitative estimate of drug-likeness (QED) is 0.886. The minimum atomic E-state index is -4.94. The molecule has 1 heterocycles. The molecule has 0 saturated carbocycles. The molecular formula is C15H13F3N2O3S. The number of rotatable bonds is 5. The molecular weight excluding hydrogens is 345 g/mol. The molecule has 0 fully saturated rings. The first-order valence-corrected chi connectivity index (χ1v) is 8.06. The van der Waals surface area contributed by atoms with E-state index in [-0.39, 0.29) is 4.90 Å². The lowest BCUT2D eigenvalue weighted by Crippen LogP contribution is -2.17. The normalized spacial score (nSPS) is 11.8. The van der Waals surface area contributed by atoms with Crippen LogP contribution in [0.5, 0.6) is 5.75 Å². The molecule has 2 aromatic rings. The maximum atomic E-state index is 12.6. The van der Waals surface area contributed by atoms with Crippen molar-refractivity contribution < 1.29 is 26.3 Å². The van der Waals surface area contributed by atoms with Crippen LogP contribution in [0.1, 0.15) is 5.56 Å². The Hall–Kier alpha value is -2.55. The van der Waals surface area contributed by atoms with E-state index < -0.39 is 26.8 Å². The van der Waals surface area contributed by atoms with Crippen molar-refractivity contribution in [3.05, 3.63) is 48.8 Å². The second kappa shape index (κ2) is 6.52. The molecule has 5 nitrogen and oxygen atoms in total. The van der Waals surface area contributed by atoms with Crippen molar-refractivity contribution in [3.8, 4) is 5.75 Å². The van der Waals surface area contributed by atoms with Crippen molar-refractivity contribution in [2.45, 2.75) is 16.2 Å². The number of ether oxygens (including phenoxy) is 1. The van der Waals surface area contributed by atoms with Crippen LogP contribution in [0.3, 0.4) is 0 Å². The summed E-state index contributed by atoms with van der Waals surface area (Å²) in [6.07, 6.45) is -1.65. The molecule has 0 amide bonds. The van der Waals surface area contributed by atoms with Gasteiger partial charge in [-0.25, -0.2) is 8.42 Å². The van der Waals surface area contributed by atoms with Crippen molar-refractivity contribution >= 4 is 21.6 Å². The number of sulfone groups is 1. The molecule has 0 bridgehead atoms. The van der Waals surface area contributed by atoms with E-state index in [1.54, 1.807) is 13.1 Å². The van der Waals surface area contributed by atoms with Gasteiger partial charge in [0.25, 0.3) is 0 Å². The van der Waals surface area contributed by atoms with Gasteiger partial charge in [0.2, 0.25) is 9.84 Å². The summed E-state index contributed by atoms with van der Waals surface area (Å²) in [6.45, 7) is 3.61. The topological polar surface area (TPSA) is 68.3 Å². The minimum Gasteiger partial charge on any atom is -0.404 e. The largest absolute Gasteiger partial charge is 0.573 e. The zero-order chi connectivity index (χ0) is 18.0. The zero-order valence-corrected chi connectivity index (χ0v) is 13.3. The molecule has 0 aliphatic carbocycles. The summed E-state index contributed by atoms with van der Waals surface area (Å²) in [5.74, 6) is -0.708. The highest BCUT2D eigenvalue weighted by Gasteiger charge is 2.32. The van der Waals surface area contributed by atoms with Gasteiger partial charge in [0, 0.05) is 25.0 Å². The summed E-state index contributed by atoms with van der Waals surface area (Å²) >= 11 is 0. The Morgan fingerprint density at radius 2 is 1.92 bits per heavy atom. The van der Waals surface area contributed by atoms with E-state index in [1.165, 1.54) is 18.2 Å². The first kappa shape index (κ1) is 17.8. The third-order valence-corrected chi connectivity index (χ3v) is 4.77. The molecule has 1 aromatic carbocycles. The van der Waals surface area contributed by atoms with Crippen LogP contribution in [-0.4, -0.2) is 26.8 Å². The van der Waals surface area contributed by atoms with Gasteiger partial charge >= 0.3 is 6.36 Å². The molecule has 24 heavy (non-hydrogen) atoms. The van der Waals surface area contributed by atoms with Crippen molar-refractivity contribution in [2.75, 3.05) is 12.4 Å². The number of nitrogens with zero attached hydrogens (tertiary/aromatic N) is 1. The molecule has 0 radical (unpaired) electrons. The predicted octanol–water partition coefficient (Wildman–Crippen LogP) is 3.50. The number of anilines is 1. The first-order chi connectivity index (χ1) is 11.2. The van der Waals surface area contributed by atoms with Crippen LogP contribution in [0.4, 0.5) is 18.9 Å². The Bertz CT molecular complexity index is 865. The number of hydrogen-bond donors (Lipinski definition) is 1. The van der Waals surface area contributed by atoms with Crippen LogP contribution in [0.15, 0.2) is 53.0 Å². The second-order valence-electron chi connectivity index (χ2n) is 4.61. The number of aromatic nitrogens is 1. The van der Waals surface area contributed by atoms with Gasteiger partial charge in [-0.2, -0.15) is 0 Å². The van der Waals surface area contributed by atoms with E-state index in [2.05, 4.69) is 21.6 Å². The highest BCUT2D eigenvalue weighted by Crippen LogP contribution is 2.29. The number of alkyl halides is 3. The monoisotopic (exact) mass is 358 g/mol. The van der Waals surface area contributed by atoms with Gasteiger partial charge < -0.3 is 10.1 Å². The predicted molar refractivity (Wildman–Crippen MR) is 82.5 cm³/mol. The van der Waals surface area contributed by atoms with Gasteiger partial charge in [-0.1, -0.05) is 18.7 Å². The van der Waals surface area contributed by atoms with Gasteiger partial charge in [-0.05, 0) is 17.7 Å². The van der Waals surface area contributed by atoms with E-state index in [1.807, 2.05) is 0 Å². The fourth-order valence-electron chi connectivity index (χ4n) is 1.97. The molecule has 1 aromatic heterocycles. The van der Waals surface area contributed by atoms with E-state index in [0.717, 1.165) is 18.5 Å². The summed E-state index contributed by atoms with van der Waals surface area (Å²) < 4.78 is 65.7. The molecule has 1 N–H and O–H groups in total. The highest BCUT2D eigenvalue weighted by molar-refractivity contribution is 7.91. The van der Waals surface area contributed by atoms with Crippen molar-refractivity contribution in [2.24, 2.45) is 0 Å². The van der Waals surface area contributed by atoms with Gasteiger partial charge in [-0.15, -0.1) is 13.2 Å². The van der Waals surface area contributed by atoms with E-state index >= 15 is 0 Å². The summed E-state index contributed by atoms with van der Waals surface area (Å²) in [5, 5.41) is 2.83. The summed E-state index contributed by atoms with van der Waals surface area (Å²) in [5.41, 5.74) is 1.20. The molecule has 0 aliphatic heterocycles. The number of halogens is 3. The maximum Gasteiger partial charge on any atom is 0.573 e. The minimum absolute atomic E-state index is 0.0941. The average Bonchev–Trinajstić information content (AvgIpc) is 2.52. The molecule has 0 spiro atoms. The highest BCUT2D eigenvalue weighted by atomic mass is 32.2. The van der Waals surface area contributed by atoms with Crippen molar-refractivity contribution in [1.82, 2.24) is 4.98 Å². The van der Waals surface area contributed by atoms with Crippen molar-refractivity contribution in [3.63, 3.8) is 0 Å². The summed E-state index contributed by atoms with van der Waals surface area (Å²) in [7, 11) is -2.45. The summed E-state index contributed by atoms with van der Waals surface area (Å²) in [4.78, 5) is 3.00. The van der Waals surface area contributed by atoms with Gasteiger partial charge in [0.05, 0.1) is 16.0 Å². The van der Waals surface area contributed by atoms with Gasteiger partial charge in [0.15, 0.2) is 0 Å². The molecule has 0 atom stereocenters. The Morgan fingerprint density at radius 1 is 1.21 bits per heavy atom. The number of benzene rings is 1. The Morgan fingerprint density at radius 3 is 2.50 bits per heavy atom. The molecule has 0 aliphatic rings. The maximum absolute atomic E-state index is 12.6. The average molecular weight is 358 g/mol. The van der Waals surface area contributed by atoms with Crippen LogP contribution in [-0.2, 0) is 9.84 Å². The standard InChI is InChI=1S/C15H13F3N2O3S/c1-3-10-4-5-12(7-14(10)19-2)24(21,22)13-6-11(8-20-9-13)23-15(16,17)18/h3-9,19H,1H2,2H3. The Kier molecular flexibility index (Phi) is 4.83. The molecule has 128 valence electrons. The lowest BCUT2D eigenvalue weighted by Gasteiger charge is -2.11. The third kappa shape index (κ3) is 3.85. The van der Waals surface area contributed by atoms with Gasteiger partial charge in [0.1, 0.15) is 5.75 Å². The molecule has 0 unspecified atom stereocenters. The van der Waals surface area contributed by atoms with Crippen LogP contribution in [0.2, 0.25) is 0 Å². The van der Waals surface area contributed by atoms with E-state index in [9.17, 15) is 21.6 Å². The van der Waals surface area contributed by atoms with Gasteiger partial charge in [-0.3, -0.25) is 4.98 Å². The third-order valence-electron chi connectivity index (χ3n) is 3.06. The van der Waals surface area contributed by atoms with Crippen LogP contribution in [0, 0.1) is 0 Å². The van der Waals surface area contributed by atoms with Crippen molar-refractivity contribution in [1.29, 1.82) is 0 Å². The molecule has 0 saturated heterocycles. The summed E-state index contributed by atoms with van der Waals surface area (Å²) in [6, 6.07) is 5.01. The lowest BCUT2D eigenvalue weighted by molar-refractivity contribution is -0.274. The van der Waals surface area contributed by atoms with E-state index in [0.29, 0.717) is 11.3 Å². The van der Waals surface area contributed by atoms with E-state index in [4.69, 9.17) is 0 Å². The van der Waals surface area contributed by atoms with Crippen LogP contribution in [0.25, 0.3) is 6.08 Å². The number of hydrogen-bond acceptors (Lipinski definition) is 5. The molecule has 9 heteroatoms. The van der Waals surface area contributed by atoms with Crippen LogP contribution < -0.4 is 10.1 Å². The Labute approximate surface area is 136 Å². The number of pyridine rings is 1.